The molecule has 1 unspecified atom stereocenters. The zero-order valence-electron chi connectivity index (χ0n) is 11.1. The number of aliphatic hydroxyl groups is 2. The van der Waals surface area contributed by atoms with E-state index in [1.165, 1.54) is 0 Å². The smallest absolute Gasteiger partial charge is 0.387 e. The fraction of sp³-hybridized carbons (Fsp3) is 1.00. The lowest BCUT2D eigenvalue weighted by molar-refractivity contribution is -0.0322. The average molecular weight is 351 g/mol. The molecular weight excluding hydrogens is 332 g/mol. The molecule has 1 aliphatic rings. The van der Waals surface area contributed by atoms with E-state index in [0.717, 1.165) is 6.42 Å². The van der Waals surface area contributed by atoms with E-state index in [2.05, 4.69) is 14.2 Å². The maximum Gasteiger partial charge on any atom is 0.481 e. The van der Waals surface area contributed by atoms with Crippen LogP contribution in [0.1, 0.15) is 13.3 Å². The first-order valence-corrected chi connectivity index (χ1v) is 9.07. The van der Waals surface area contributed by atoms with E-state index in [9.17, 15) is 19.3 Å². The van der Waals surface area contributed by atoms with Crippen molar-refractivity contribution >= 4 is 15.6 Å². The number of hydrogen-bond acceptors (Lipinski definition) is 8. The topological polar surface area (TPSA) is 175 Å². The predicted molar refractivity (Wildman–Crippen MR) is 67.9 cm³/mol. The molecule has 0 aliphatic carbocycles. The van der Waals surface area contributed by atoms with Crippen molar-refractivity contribution in [3.8, 4) is 0 Å². The van der Waals surface area contributed by atoms with Crippen LogP contribution in [0.4, 0.5) is 0 Å². The first-order chi connectivity index (χ1) is 9.56. The monoisotopic (exact) mass is 351 g/mol. The molecule has 1 saturated heterocycles. The highest BCUT2D eigenvalue weighted by atomic mass is 31.3. The van der Waals surface area contributed by atoms with E-state index < -0.39 is 46.8 Å². The zero-order valence-corrected chi connectivity index (χ0v) is 12.9. The van der Waals surface area contributed by atoms with Crippen LogP contribution in [0.25, 0.3) is 0 Å². The van der Waals surface area contributed by atoms with E-state index in [1.807, 2.05) is 6.92 Å². The molecule has 1 rings (SSSR count). The minimum absolute atomic E-state index is 0.516. The summed E-state index contributed by atoms with van der Waals surface area (Å²) in [6, 6.07) is 0. The van der Waals surface area contributed by atoms with Gasteiger partial charge in [0.2, 0.25) is 0 Å². The van der Waals surface area contributed by atoms with Gasteiger partial charge in [-0.3, -0.25) is 9.84 Å². The summed E-state index contributed by atoms with van der Waals surface area (Å²) in [6.45, 7) is 1.70. The van der Waals surface area contributed by atoms with Gasteiger partial charge in [0.15, 0.2) is 0 Å². The maximum absolute atomic E-state index is 11.2. The van der Waals surface area contributed by atoms with Crippen LogP contribution in [0.2, 0.25) is 0 Å². The van der Waals surface area contributed by atoms with Gasteiger partial charge in [0.25, 0.3) is 0 Å². The van der Waals surface area contributed by atoms with Gasteiger partial charge in [-0.1, -0.05) is 6.92 Å². The molecule has 0 saturated carbocycles. The van der Waals surface area contributed by atoms with Crippen LogP contribution < -0.4 is 5.32 Å². The van der Waals surface area contributed by atoms with E-state index in [4.69, 9.17) is 19.4 Å². The lowest BCUT2D eigenvalue weighted by Crippen LogP contribution is -2.41. The number of ether oxygens (including phenoxy) is 1. The highest BCUT2D eigenvalue weighted by Gasteiger charge is 2.44. The molecule has 0 aromatic rings. The Balaban J connectivity index is 2.52. The first-order valence-electron chi connectivity index (χ1n) is 6.05. The van der Waals surface area contributed by atoms with Crippen LogP contribution in [-0.4, -0.2) is 62.6 Å². The minimum Gasteiger partial charge on any atom is -0.387 e. The van der Waals surface area contributed by atoms with Crippen LogP contribution >= 0.6 is 15.6 Å². The summed E-state index contributed by atoms with van der Waals surface area (Å²) in [5.74, 6) is 0. The molecule has 0 aromatic carbocycles. The van der Waals surface area contributed by atoms with Crippen molar-refractivity contribution in [3.05, 3.63) is 0 Å². The van der Waals surface area contributed by atoms with Crippen LogP contribution in [0, 0.1) is 0 Å². The predicted octanol–water partition coefficient (Wildman–Crippen LogP) is -1.34. The number of phosphoric acid groups is 2. The number of rotatable bonds is 8. The van der Waals surface area contributed by atoms with Crippen molar-refractivity contribution in [3.63, 3.8) is 0 Å². The van der Waals surface area contributed by atoms with Gasteiger partial charge < -0.3 is 29.6 Å². The number of hydrogen-bond donors (Lipinski definition) is 6. The lowest BCUT2D eigenvalue weighted by Gasteiger charge is -2.17. The SMILES string of the molecule is CCCN[C@@H]1O[C@H](COP(=O)(O)OP(=O)(O)O)[C@@H](O)[C@H]1O. The number of nitrogens with one attached hydrogen (secondary N) is 1. The van der Waals surface area contributed by atoms with Gasteiger partial charge in [-0.05, 0) is 13.0 Å². The van der Waals surface area contributed by atoms with Gasteiger partial charge in [-0.25, -0.2) is 9.13 Å². The quantitative estimate of drug-likeness (QED) is 0.285. The van der Waals surface area contributed by atoms with E-state index in [1.54, 1.807) is 0 Å². The number of phosphoric ester groups is 1. The largest absolute Gasteiger partial charge is 0.481 e. The molecule has 1 fully saturated rings. The van der Waals surface area contributed by atoms with Crippen molar-refractivity contribution in [2.45, 2.75) is 37.9 Å². The minimum atomic E-state index is -5.21. The molecule has 0 radical (unpaired) electrons. The number of aliphatic hydroxyl groups excluding tert-OH is 2. The van der Waals surface area contributed by atoms with E-state index in [0.29, 0.717) is 6.54 Å². The molecule has 1 heterocycles. The molecule has 126 valence electrons. The molecule has 6 N–H and O–H groups in total. The molecule has 0 aromatic heterocycles. The summed E-state index contributed by atoms with van der Waals surface area (Å²) >= 11 is 0. The Bertz CT molecular complexity index is 427. The third-order valence-electron chi connectivity index (χ3n) is 2.57. The fourth-order valence-electron chi connectivity index (χ4n) is 1.67. The van der Waals surface area contributed by atoms with Crippen molar-refractivity contribution in [2.24, 2.45) is 0 Å². The summed E-state index contributed by atoms with van der Waals surface area (Å²) < 4.78 is 34.8. The standard InChI is InChI=1S/C8H19NO10P2/c1-2-3-9-8-7(11)6(10)5(18-8)4-17-21(15,16)19-20(12,13)14/h5-11H,2-4H2,1H3,(H,15,16)(H2,12,13,14)/t5-,6-,7-,8-/m1/s1. The summed E-state index contributed by atoms with van der Waals surface area (Å²) in [5.41, 5.74) is 0. The van der Waals surface area contributed by atoms with Crippen LogP contribution in [0.5, 0.6) is 0 Å². The summed E-state index contributed by atoms with van der Waals surface area (Å²) in [6.07, 6.45) is -3.95. The molecule has 1 aliphatic heterocycles. The van der Waals surface area contributed by atoms with Gasteiger partial charge in [-0.15, -0.1) is 0 Å². The third-order valence-corrected chi connectivity index (χ3v) is 4.72. The molecule has 0 spiro atoms. The highest BCUT2D eigenvalue weighted by Crippen LogP contribution is 2.57. The van der Waals surface area contributed by atoms with Crippen molar-refractivity contribution in [1.29, 1.82) is 0 Å². The molecule has 5 atom stereocenters. The average Bonchev–Trinajstić information content (AvgIpc) is 2.59. The molecule has 0 amide bonds. The third kappa shape index (κ3) is 6.39. The Morgan fingerprint density at radius 3 is 2.33 bits per heavy atom. The second kappa shape index (κ2) is 7.58. The molecule has 0 bridgehead atoms. The normalized spacial score (nSPS) is 33.0. The van der Waals surface area contributed by atoms with Crippen LogP contribution in [0.3, 0.4) is 0 Å². The van der Waals surface area contributed by atoms with Gasteiger partial charge in [0.1, 0.15) is 24.5 Å². The van der Waals surface area contributed by atoms with Gasteiger partial charge in [-0.2, -0.15) is 4.31 Å². The Kier molecular flexibility index (Phi) is 6.91. The second-order valence-electron chi connectivity index (χ2n) is 4.37. The first kappa shape index (κ1) is 19.1. The van der Waals surface area contributed by atoms with Crippen molar-refractivity contribution in [1.82, 2.24) is 5.32 Å². The summed E-state index contributed by atoms with van der Waals surface area (Å²) in [5, 5.41) is 22.2. The Labute approximate surface area is 120 Å². The maximum atomic E-state index is 11.2. The van der Waals surface area contributed by atoms with Gasteiger partial charge in [0, 0.05) is 0 Å². The Hall–Kier alpha value is 0.1000. The Morgan fingerprint density at radius 2 is 1.81 bits per heavy atom. The van der Waals surface area contributed by atoms with E-state index >= 15 is 0 Å². The van der Waals surface area contributed by atoms with Crippen LogP contribution in [0.15, 0.2) is 0 Å². The van der Waals surface area contributed by atoms with Gasteiger partial charge >= 0.3 is 15.6 Å². The van der Waals surface area contributed by atoms with Crippen molar-refractivity contribution < 1.29 is 47.6 Å². The lowest BCUT2D eigenvalue weighted by atomic mass is 10.1. The van der Waals surface area contributed by atoms with Crippen LogP contribution in [-0.2, 0) is 22.7 Å². The fourth-order valence-corrected chi connectivity index (χ4v) is 3.27. The van der Waals surface area contributed by atoms with Crippen molar-refractivity contribution in [2.75, 3.05) is 13.2 Å². The molecule has 13 heteroatoms. The molecule has 21 heavy (non-hydrogen) atoms. The van der Waals surface area contributed by atoms with E-state index in [-0.39, 0.29) is 0 Å². The highest BCUT2D eigenvalue weighted by molar-refractivity contribution is 7.60. The Morgan fingerprint density at radius 1 is 1.19 bits per heavy atom. The zero-order chi connectivity index (χ0) is 16.3. The molecule has 11 nitrogen and oxygen atoms in total. The summed E-state index contributed by atoms with van der Waals surface area (Å²) in [4.78, 5) is 25.9. The summed E-state index contributed by atoms with van der Waals surface area (Å²) in [7, 11) is -10.2. The molecular formula is C8H19NO10P2. The second-order valence-corrected chi connectivity index (χ2v) is 7.20. The van der Waals surface area contributed by atoms with Gasteiger partial charge in [0.05, 0.1) is 6.61 Å².